The number of aromatic nitrogens is 2. The van der Waals surface area contributed by atoms with Crippen LogP contribution in [0.2, 0.25) is 5.02 Å². The van der Waals surface area contributed by atoms with Gasteiger partial charge in [0.1, 0.15) is 29.6 Å². The lowest BCUT2D eigenvalue weighted by Crippen LogP contribution is -2.47. The number of anilines is 2. The Kier molecular flexibility index (Phi) is 12.0. The molecule has 2 aliphatic heterocycles. The van der Waals surface area contributed by atoms with Crippen molar-refractivity contribution >= 4 is 61.2 Å². The van der Waals surface area contributed by atoms with Gasteiger partial charge in [-0.2, -0.15) is 0 Å². The number of nitro groups is 1. The second kappa shape index (κ2) is 17.8. The average Bonchev–Trinajstić information content (AvgIpc) is 3.76. The fraction of sp³-hybridized carbons (Fsp3) is 0.292. The van der Waals surface area contributed by atoms with Crippen molar-refractivity contribution < 1.29 is 32.0 Å². The Morgan fingerprint density at radius 3 is 2.55 bits per heavy atom. The summed E-state index contributed by atoms with van der Waals surface area (Å²) in [5.74, 6) is -1.05. The van der Waals surface area contributed by atoms with E-state index < -0.39 is 43.3 Å². The predicted octanol–water partition coefficient (Wildman–Crippen LogP) is 9.38. The molecule has 4 aromatic carbocycles. The second-order valence-electron chi connectivity index (χ2n) is 17.6. The van der Waals surface area contributed by atoms with E-state index in [1.54, 1.807) is 36.5 Å². The third-order valence-corrected chi connectivity index (χ3v) is 13.9. The Balaban J connectivity index is 0.942. The number of fused-ring (bicyclic) bond motifs is 2. The fourth-order valence-corrected chi connectivity index (χ4v) is 9.93. The topological polar surface area (TPSA) is 172 Å². The number of nitrogens with one attached hydrogen (secondary N) is 3. The standard InChI is InChI=1S/C48H47ClFN7O7S/c1-48(2)15-13-33(41(26-48)31-5-7-34(49)8-6-31)28-55-17-19-56(20-18-55)37-11-12-40(43(23-37)64-38-22-32-14-16-51-46(32)52-27-38)47(58)54-65(61,62)39-24-42(57(59)60)45-44(25-39)63-29-36(53-45)21-30-3-9-35(50)10-4-30/h3-12,14,16,22-25,27,36,53H,13,15,17-21,26,28-29H2,1-2H3,(H,51,52)(H,54,58)/t36-/m1/s1. The number of carbonyl (C=O) groups excluding carboxylic acids is 1. The number of amides is 1. The van der Waals surface area contributed by atoms with Gasteiger partial charge in [-0.3, -0.25) is 19.8 Å². The van der Waals surface area contributed by atoms with Gasteiger partial charge in [-0.1, -0.05) is 55.3 Å². The van der Waals surface area contributed by atoms with Crippen LogP contribution in [-0.4, -0.2) is 79.5 Å². The molecule has 4 heterocycles. The lowest BCUT2D eigenvalue weighted by Gasteiger charge is -2.39. The number of rotatable bonds is 12. The summed E-state index contributed by atoms with van der Waals surface area (Å²) in [4.78, 5) is 37.2. The van der Waals surface area contributed by atoms with Crippen LogP contribution >= 0.6 is 11.6 Å². The Morgan fingerprint density at radius 1 is 1.03 bits per heavy atom. The maximum Gasteiger partial charge on any atom is 0.297 e. The molecule has 336 valence electrons. The summed E-state index contributed by atoms with van der Waals surface area (Å²) in [5, 5.41) is 16.9. The van der Waals surface area contributed by atoms with Gasteiger partial charge in [0.25, 0.3) is 21.6 Å². The first-order chi connectivity index (χ1) is 31.2. The van der Waals surface area contributed by atoms with Gasteiger partial charge in [0.05, 0.1) is 27.6 Å². The molecule has 1 atom stereocenters. The molecule has 0 unspecified atom stereocenters. The number of aromatic amines is 1. The minimum Gasteiger partial charge on any atom is -0.489 e. The zero-order valence-electron chi connectivity index (χ0n) is 35.8. The highest BCUT2D eigenvalue weighted by Crippen LogP contribution is 2.44. The zero-order chi connectivity index (χ0) is 45.5. The number of hydrogen-bond donors (Lipinski definition) is 3. The van der Waals surface area contributed by atoms with Gasteiger partial charge in [0, 0.05) is 73.2 Å². The highest BCUT2D eigenvalue weighted by Gasteiger charge is 2.33. The molecule has 1 aliphatic carbocycles. The number of pyridine rings is 1. The molecule has 1 amide bonds. The van der Waals surface area contributed by atoms with Crippen LogP contribution in [0.15, 0.2) is 114 Å². The Hall–Kier alpha value is -6.49. The predicted molar refractivity (Wildman–Crippen MR) is 248 cm³/mol. The van der Waals surface area contributed by atoms with E-state index in [1.807, 2.05) is 18.2 Å². The van der Waals surface area contributed by atoms with Gasteiger partial charge in [-0.25, -0.2) is 22.5 Å². The van der Waals surface area contributed by atoms with E-state index >= 15 is 0 Å². The highest BCUT2D eigenvalue weighted by atomic mass is 35.5. The van der Waals surface area contributed by atoms with Gasteiger partial charge in [0.15, 0.2) is 11.4 Å². The first-order valence-corrected chi connectivity index (χ1v) is 23.2. The number of benzene rings is 4. The zero-order valence-corrected chi connectivity index (χ0v) is 37.3. The van der Waals surface area contributed by atoms with E-state index in [4.69, 9.17) is 21.1 Å². The van der Waals surface area contributed by atoms with Gasteiger partial charge in [-0.05, 0) is 96.3 Å². The third kappa shape index (κ3) is 9.79. The van der Waals surface area contributed by atoms with E-state index in [1.165, 1.54) is 41.1 Å². The van der Waals surface area contributed by atoms with Crippen molar-refractivity contribution in [1.82, 2.24) is 19.6 Å². The van der Waals surface area contributed by atoms with Crippen molar-refractivity contribution in [2.45, 2.75) is 50.5 Å². The van der Waals surface area contributed by atoms with Crippen LogP contribution in [0.5, 0.6) is 17.2 Å². The van der Waals surface area contributed by atoms with Crippen LogP contribution in [0.1, 0.15) is 54.6 Å². The summed E-state index contributed by atoms with van der Waals surface area (Å²) >= 11 is 6.24. The van der Waals surface area contributed by atoms with Crippen LogP contribution < -0.4 is 24.4 Å². The Morgan fingerprint density at radius 2 is 1.80 bits per heavy atom. The number of hydrogen-bond acceptors (Lipinski definition) is 11. The van der Waals surface area contributed by atoms with E-state index in [0.717, 1.165) is 72.7 Å². The smallest absolute Gasteiger partial charge is 0.297 e. The van der Waals surface area contributed by atoms with E-state index in [9.17, 15) is 27.7 Å². The molecule has 1 fully saturated rings. The normalized spacial score (nSPS) is 17.5. The van der Waals surface area contributed by atoms with Gasteiger partial charge in [-0.15, -0.1) is 0 Å². The maximum atomic E-state index is 14.0. The first-order valence-electron chi connectivity index (χ1n) is 21.4. The monoisotopic (exact) mass is 919 g/mol. The van der Waals surface area contributed by atoms with E-state index in [-0.39, 0.29) is 34.8 Å². The molecular formula is C48H47ClFN7O7S. The SMILES string of the molecule is CC1(C)CCC(CN2CCN(c3ccc(C(=O)NS(=O)(=O)c4cc5c(c([N+](=O)[O-])c4)N[C@H](Cc4ccc(F)cc4)CO5)c(Oc4cnc5[nH]ccc5c4)c3)CC2)=C(c2ccc(Cl)cc2)C1. The molecule has 9 rings (SSSR count). The number of nitro benzene ring substituents is 1. The lowest BCUT2D eigenvalue weighted by atomic mass is 9.72. The van der Waals surface area contributed by atoms with Crippen molar-refractivity contribution in [2.75, 3.05) is 49.5 Å². The molecule has 14 nitrogen and oxygen atoms in total. The van der Waals surface area contributed by atoms with Crippen LogP contribution in [0.4, 0.5) is 21.5 Å². The van der Waals surface area contributed by atoms with Crippen molar-refractivity contribution in [3.8, 4) is 17.2 Å². The molecule has 2 aromatic heterocycles. The number of allylic oxidation sites excluding steroid dienone is 1. The second-order valence-corrected chi connectivity index (χ2v) is 19.7. The minimum absolute atomic E-state index is 0.00319. The molecule has 0 bridgehead atoms. The summed E-state index contributed by atoms with van der Waals surface area (Å²) in [7, 11) is -4.70. The van der Waals surface area contributed by atoms with Crippen molar-refractivity contribution in [3.05, 3.63) is 147 Å². The van der Waals surface area contributed by atoms with E-state index in [0.29, 0.717) is 30.9 Å². The minimum atomic E-state index is -4.70. The number of sulfonamides is 1. The van der Waals surface area contributed by atoms with Crippen molar-refractivity contribution in [2.24, 2.45) is 5.41 Å². The third-order valence-electron chi connectivity index (χ3n) is 12.3. The lowest BCUT2D eigenvalue weighted by molar-refractivity contribution is -0.384. The molecule has 3 N–H and O–H groups in total. The Labute approximate surface area is 380 Å². The summed E-state index contributed by atoms with van der Waals surface area (Å²) in [6.45, 7) is 8.56. The molecule has 65 heavy (non-hydrogen) atoms. The number of piperazine rings is 1. The number of H-pyrrole nitrogens is 1. The van der Waals surface area contributed by atoms with Crippen LogP contribution in [0, 0.1) is 21.3 Å². The highest BCUT2D eigenvalue weighted by molar-refractivity contribution is 7.90. The summed E-state index contributed by atoms with van der Waals surface area (Å²) in [6, 6.07) is 24.2. The largest absolute Gasteiger partial charge is 0.489 e. The average molecular weight is 920 g/mol. The van der Waals surface area contributed by atoms with Crippen molar-refractivity contribution in [1.29, 1.82) is 0 Å². The van der Waals surface area contributed by atoms with Crippen molar-refractivity contribution in [3.63, 3.8) is 0 Å². The number of ether oxygens (including phenoxy) is 2. The number of halogens is 2. The molecule has 6 aromatic rings. The molecule has 17 heteroatoms. The quantitative estimate of drug-likeness (QED) is 0.0789. The van der Waals surface area contributed by atoms with Crippen LogP contribution in [0.25, 0.3) is 16.6 Å². The fourth-order valence-electron chi connectivity index (χ4n) is 8.80. The van der Waals surface area contributed by atoms with Crippen LogP contribution in [0.3, 0.4) is 0 Å². The molecule has 0 saturated carbocycles. The summed E-state index contributed by atoms with van der Waals surface area (Å²) < 4.78 is 55.5. The van der Waals surface area contributed by atoms with Gasteiger partial charge >= 0.3 is 0 Å². The molecule has 0 spiro atoms. The van der Waals surface area contributed by atoms with Gasteiger partial charge in [0.2, 0.25) is 0 Å². The van der Waals surface area contributed by atoms with Crippen LogP contribution in [-0.2, 0) is 16.4 Å². The molecule has 1 saturated heterocycles. The first kappa shape index (κ1) is 43.7. The summed E-state index contributed by atoms with van der Waals surface area (Å²) in [6.07, 6.45) is 6.77. The molecular weight excluding hydrogens is 873 g/mol. The number of nitrogens with zero attached hydrogens (tertiary/aromatic N) is 4. The van der Waals surface area contributed by atoms with E-state index in [2.05, 4.69) is 55.8 Å². The Bertz CT molecular complexity index is 2930. The number of carbonyl (C=O) groups is 1. The molecule has 0 radical (unpaired) electrons. The summed E-state index contributed by atoms with van der Waals surface area (Å²) in [5.41, 5.74) is 5.84. The maximum absolute atomic E-state index is 14.0. The van der Waals surface area contributed by atoms with Gasteiger partial charge < -0.3 is 24.7 Å². The molecule has 3 aliphatic rings.